The predicted molar refractivity (Wildman–Crippen MR) is 98.8 cm³/mol. The Morgan fingerprint density at radius 3 is 2.85 bits per heavy atom. The summed E-state index contributed by atoms with van der Waals surface area (Å²) in [5, 5.41) is 0.793. The van der Waals surface area contributed by atoms with Gasteiger partial charge < -0.3 is 9.64 Å². The summed E-state index contributed by atoms with van der Waals surface area (Å²) in [7, 11) is -3.21. The van der Waals surface area contributed by atoms with Crippen molar-refractivity contribution in [3.05, 3.63) is 42.1 Å². The minimum Gasteiger partial charge on any atom is -0.381 e. The van der Waals surface area contributed by atoms with E-state index in [1.165, 1.54) is 0 Å². The van der Waals surface area contributed by atoms with E-state index in [1.807, 2.05) is 31.2 Å². The van der Waals surface area contributed by atoms with Gasteiger partial charge in [0.15, 0.2) is 9.84 Å². The van der Waals surface area contributed by atoms with Crippen LogP contribution in [0.3, 0.4) is 0 Å². The van der Waals surface area contributed by atoms with Crippen LogP contribution in [0.4, 0.5) is 0 Å². The summed E-state index contributed by atoms with van der Waals surface area (Å²) in [5.41, 5.74) is 1.33. The number of nitrogens with zero attached hydrogens (tertiary/aromatic N) is 2. The first-order valence-corrected chi connectivity index (χ1v) is 10.6. The molecular weight excluding hydrogens is 352 g/mol. The lowest BCUT2D eigenvalue weighted by atomic mass is 9.83. The minimum atomic E-state index is -3.21. The van der Waals surface area contributed by atoms with Gasteiger partial charge in [0.25, 0.3) is 5.91 Å². The van der Waals surface area contributed by atoms with E-state index in [-0.39, 0.29) is 30.7 Å². The quantitative estimate of drug-likeness (QED) is 0.817. The number of para-hydroxylation sites is 1. The van der Waals surface area contributed by atoms with Crippen molar-refractivity contribution in [2.24, 2.45) is 5.92 Å². The van der Waals surface area contributed by atoms with E-state index >= 15 is 0 Å². The first-order valence-electron chi connectivity index (χ1n) is 8.91. The van der Waals surface area contributed by atoms with Gasteiger partial charge in [-0.15, -0.1) is 0 Å². The van der Waals surface area contributed by atoms with E-state index in [1.54, 1.807) is 17.2 Å². The van der Waals surface area contributed by atoms with Crippen LogP contribution in [0.25, 0.3) is 10.9 Å². The van der Waals surface area contributed by atoms with Crippen LogP contribution in [-0.2, 0) is 14.6 Å². The van der Waals surface area contributed by atoms with Crippen LogP contribution < -0.4 is 0 Å². The van der Waals surface area contributed by atoms with Gasteiger partial charge in [-0.05, 0) is 25.5 Å². The van der Waals surface area contributed by atoms with Crippen molar-refractivity contribution >= 4 is 26.6 Å². The summed E-state index contributed by atoms with van der Waals surface area (Å²) >= 11 is 0. The zero-order chi connectivity index (χ0) is 18.4. The fraction of sp³-hybridized carbons (Fsp3) is 0.474. The number of hydrogen-bond acceptors (Lipinski definition) is 5. The molecule has 2 saturated heterocycles. The number of ether oxygens (including phenoxy) is 1. The second-order valence-corrected chi connectivity index (χ2v) is 9.52. The number of amides is 1. The van der Waals surface area contributed by atoms with Gasteiger partial charge in [-0.2, -0.15) is 0 Å². The zero-order valence-electron chi connectivity index (χ0n) is 14.7. The highest BCUT2D eigenvalue weighted by Gasteiger charge is 2.62. The van der Waals surface area contributed by atoms with Gasteiger partial charge in [0, 0.05) is 37.2 Å². The number of rotatable bonds is 4. The third kappa shape index (κ3) is 2.53. The van der Waals surface area contributed by atoms with Crippen LogP contribution >= 0.6 is 0 Å². The molecule has 2 fully saturated rings. The monoisotopic (exact) mass is 374 g/mol. The molecular formula is C19H22N2O4S. The number of fused-ring (bicyclic) bond motifs is 1. The SMILES string of the molecule is CCOC[C@@H]1CCS(=O)(=O)C12CN(C(=O)c1ccnc3ccccc13)C2. The maximum absolute atomic E-state index is 13.0. The van der Waals surface area contributed by atoms with Gasteiger partial charge in [-0.1, -0.05) is 18.2 Å². The van der Waals surface area contributed by atoms with E-state index in [0.717, 1.165) is 10.9 Å². The summed E-state index contributed by atoms with van der Waals surface area (Å²) in [5.74, 6) is 0.0162. The molecule has 1 aromatic heterocycles. The molecule has 0 bridgehead atoms. The third-order valence-electron chi connectivity index (χ3n) is 5.71. The van der Waals surface area contributed by atoms with E-state index < -0.39 is 14.6 Å². The van der Waals surface area contributed by atoms with E-state index in [0.29, 0.717) is 25.2 Å². The largest absolute Gasteiger partial charge is 0.381 e. The number of benzene rings is 1. The van der Waals surface area contributed by atoms with Crippen molar-refractivity contribution in [3.8, 4) is 0 Å². The number of likely N-dealkylation sites (tertiary alicyclic amines) is 1. The fourth-order valence-electron chi connectivity index (χ4n) is 4.16. The molecule has 2 aromatic rings. The van der Waals surface area contributed by atoms with Crippen molar-refractivity contribution in [2.45, 2.75) is 18.1 Å². The molecule has 6 nitrogen and oxygen atoms in total. The molecule has 2 aliphatic heterocycles. The molecule has 1 aromatic carbocycles. The molecule has 3 heterocycles. The molecule has 0 radical (unpaired) electrons. The normalized spacial score (nSPS) is 23.3. The van der Waals surface area contributed by atoms with Crippen molar-refractivity contribution in [1.82, 2.24) is 9.88 Å². The Bertz CT molecular complexity index is 946. The molecule has 0 saturated carbocycles. The maximum Gasteiger partial charge on any atom is 0.254 e. The lowest BCUT2D eigenvalue weighted by molar-refractivity contribution is 0.0272. The molecule has 7 heteroatoms. The van der Waals surface area contributed by atoms with Crippen LogP contribution in [0, 0.1) is 5.92 Å². The van der Waals surface area contributed by atoms with Gasteiger partial charge in [0.1, 0.15) is 4.75 Å². The second kappa shape index (κ2) is 6.32. The number of hydrogen-bond donors (Lipinski definition) is 0. The first-order chi connectivity index (χ1) is 12.5. The van der Waals surface area contributed by atoms with Crippen LogP contribution in [0.5, 0.6) is 0 Å². The number of pyridine rings is 1. The highest BCUT2D eigenvalue weighted by Crippen LogP contribution is 2.45. The van der Waals surface area contributed by atoms with Crippen molar-refractivity contribution in [3.63, 3.8) is 0 Å². The smallest absolute Gasteiger partial charge is 0.254 e. The zero-order valence-corrected chi connectivity index (χ0v) is 15.5. The molecule has 1 atom stereocenters. The fourth-order valence-corrected chi connectivity index (χ4v) is 6.56. The van der Waals surface area contributed by atoms with Crippen molar-refractivity contribution in [2.75, 3.05) is 32.1 Å². The Morgan fingerprint density at radius 2 is 2.08 bits per heavy atom. The van der Waals surface area contributed by atoms with Crippen LogP contribution in [0.1, 0.15) is 23.7 Å². The molecule has 138 valence electrons. The van der Waals surface area contributed by atoms with Crippen molar-refractivity contribution in [1.29, 1.82) is 0 Å². The summed E-state index contributed by atoms with van der Waals surface area (Å²) in [6, 6.07) is 9.19. The molecule has 0 N–H and O–H groups in total. The third-order valence-corrected chi connectivity index (χ3v) is 8.31. The van der Waals surface area contributed by atoms with Gasteiger partial charge in [0.2, 0.25) is 0 Å². The summed E-state index contributed by atoms with van der Waals surface area (Å²) in [6.07, 6.45) is 2.23. The standard InChI is InChI=1S/C19H22N2O4S/c1-2-25-11-14-8-10-26(23,24)19(14)12-21(13-19)18(22)16-7-9-20-17-6-4-3-5-15(16)17/h3-7,9,14H,2,8,10-13H2,1H3/t14-/m0/s1. The average molecular weight is 374 g/mol. The molecule has 1 amide bonds. The lowest BCUT2D eigenvalue weighted by Gasteiger charge is -2.49. The van der Waals surface area contributed by atoms with E-state index in [9.17, 15) is 13.2 Å². The topological polar surface area (TPSA) is 76.6 Å². The van der Waals surface area contributed by atoms with Gasteiger partial charge in [-0.25, -0.2) is 8.42 Å². The van der Waals surface area contributed by atoms with Crippen LogP contribution in [-0.4, -0.2) is 61.0 Å². The maximum atomic E-state index is 13.0. The Hall–Kier alpha value is -1.99. The number of sulfone groups is 1. The second-order valence-electron chi connectivity index (χ2n) is 7.07. The van der Waals surface area contributed by atoms with Crippen molar-refractivity contribution < 1.29 is 17.9 Å². The first kappa shape index (κ1) is 17.4. The van der Waals surface area contributed by atoms with Gasteiger partial charge in [0.05, 0.1) is 23.4 Å². The Balaban J connectivity index is 1.59. The Labute approximate surface area is 153 Å². The number of carbonyl (C=O) groups excluding carboxylic acids is 1. The minimum absolute atomic E-state index is 0.0364. The molecule has 4 rings (SSSR count). The molecule has 0 aliphatic carbocycles. The molecule has 0 unspecified atom stereocenters. The lowest BCUT2D eigenvalue weighted by Crippen LogP contribution is -2.68. The van der Waals surface area contributed by atoms with Gasteiger partial charge >= 0.3 is 0 Å². The summed E-state index contributed by atoms with van der Waals surface area (Å²) in [4.78, 5) is 18.9. The Kier molecular flexibility index (Phi) is 4.23. The average Bonchev–Trinajstić information content (AvgIpc) is 2.88. The number of carbonyl (C=O) groups is 1. The highest BCUT2D eigenvalue weighted by atomic mass is 32.2. The highest BCUT2D eigenvalue weighted by molar-refractivity contribution is 7.93. The van der Waals surface area contributed by atoms with Crippen LogP contribution in [0.15, 0.2) is 36.5 Å². The predicted octanol–water partition coefficient (Wildman–Crippen LogP) is 1.90. The van der Waals surface area contributed by atoms with E-state index in [4.69, 9.17) is 4.74 Å². The number of aromatic nitrogens is 1. The molecule has 2 aliphatic rings. The Morgan fingerprint density at radius 1 is 1.31 bits per heavy atom. The van der Waals surface area contributed by atoms with Crippen LogP contribution in [0.2, 0.25) is 0 Å². The summed E-state index contributed by atoms with van der Waals surface area (Å²) < 4.78 is 30.0. The van der Waals surface area contributed by atoms with E-state index in [2.05, 4.69) is 4.98 Å². The van der Waals surface area contributed by atoms with Gasteiger partial charge in [-0.3, -0.25) is 9.78 Å². The molecule has 26 heavy (non-hydrogen) atoms. The molecule has 1 spiro atoms. The summed E-state index contributed by atoms with van der Waals surface area (Å²) in [6.45, 7) is 3.42.